The number of aromatic nitrogens is 2. The fourth-order valence-electron chi connectivity index (χ4n) is 4.28. The van der Waals surface area contributed by atoms with Crippen LogP contribution >= 0.6 is 11.6 Å². The lowest BCUT2D eigenvalue weighted by Crippen LogP contribution is -2.30. The highest BCUT2D eigenvalue weighted by Gasteiger charge is 2.48. The first-order chi connectivity index (χ1) is 17.7. The number of aliphatic hydroxyl groups is 1. The number of phenols is 1. The SMILES string of the molecule is COc1ccc(Cl)cc1/C(O)=C1\C(=O)C(=O)N(c2nc3ccc(C(=O)O)cc3[nH]2)C1c1ccc(O)cc1. The van der Waals surface area contributed by atoms with Gasteiger partial charge in [0.15, 0.2) is 0 Å². The first-order valence-electron chi connectivity index (χ1n) is 10.9. The molecule has 0 spiro atoms. The number of aliphatic hydroxyl groups excluding tert-OH is 1. The summed E-state index contributed by atoms with van der Waals surface area (Å²) >= 11 is 6.13. The summed E-state index contributed by atoms with van der Waals surface area (Å²) in [7, 11) is 1.38. The van der Waals surface area contributed by atoms with Crippen LogP contribution in [0.2, 0.25) is 5.02 Å². The molecule has 1 fully saturated rings. The number of carboxylic acid groups (broad SMARTS) is 1. The third-order valence-electron chi connectivity index (χ3n) is 6.01. The number of carbonyl (C=O) groups is 3. The number of hydrogen-bond donors (Lipinski definition) is 4. The summed E-state index contributed by atoms with van der Waals surface area (Å²) in [6.45, 7) is 0. The average molecular weight is 520 g/mol. The number of rotatable bonds is 5. The molecule has 37 heavy (non-hydrogen) atoms. The second-order valence-corrected chi connectivity index (χ2v) is 8.64. The summed E-state index contributed by atoms with van der Waals surface area (Å²) in [5, 5.41) is 30.7. The number of carbonyl (C=O) groups excluding carboxylic acids is 2. The lowest BCUT2D eigenvalue weighted by molar-refractivity contribution is -0.132. The van der Waals surface area contributed by atoms with Crippen LogP contribution in [-0.2, 0) is 9.59 Å². The minimum absolute atomic E-state index is 0.00731. The van der Waals surface area contributed by atoms with Crippen molar-refractivity contribution in [1.82, 2.24) is 9.97 Å². The van der Waals surface area contributed by atoms with Crippen molar-refractivity contribution in [2.45, 2.75) is 6.04 Å². The van der Waals surface area contributed by atoms with E-state index < -0.39 is 29.5 Å². The van der Waals surface area contributed by atoms with Crippen molar-refractivity contribution in [1.29, 1.82) is 0 Å². The highest BCUT2D eigenvalue weighted by atomic mass is 35.5. The van der Waals surface area contributed by atoms with Gasteiger partial charge in [-0.25, -0.2) is 9.78 Å². The number of nitrogens with one attached hydrogen (secondary N) is 1. The van der Waals surface area contributed by atoms with Gasteiger partial charge < -0.3 is 25.0 Å². The number of benzene rings is 3. The molecule has 10 nitrogen and oxygen atoms in total. The van der Waals surface area contributed by atoms with Crippen LogP contribution in [-0.4, -0.2) is 50.1 Å². The third kappa shape index (κ3) is 4.03. The van der Waals surface area contributed by atoms with Crippen LogP contribution in [0.1, 0.15) is 27.5 Å². The third-order valence-corrected chi connectivity index (χ3v) is 6.25. The molecule has 0 bridgehead atoms. The van der Waals surface area contributed by atoms with E-state index in [0.29, 0.717) is 16.6 Å². The summed E-state index contributed by atoms with van der Waals surface area (Å²) in [4.78, 5) is 46.4. The number of fused-ring (bicyclic) bond motifs is 1. The van der Waals surface area contributed by atoms with Gasteiger partial charge in [0.25, 0.3) is 5.78 Å². The van der Waals surface area contributed by atoms with Gasteiger partial charge in [-0.15, -0.1) is 0 Å². The summed E-state index contributed by atoms with van der Waals surface area (Å²) < 4.78 is 5.32. The number of imidazole rings is 1. The number of halogens is 1. The smallest absolute Gasteiger partial charge is 0.335 e. The van der Waals surface area contributed by atoms with Crippen molar-refractivity contribution in [3.8, 4) is 11.5 Å². The normalized spacial score (nSPS) is 16.9. The number of ketones is 1. The number of aromatic amines is 1. The molecule has 0 radical (unpaired) electrons. The van der Waals surface area contributed by atoms with E-state index in [0.717, 1.165) is 4.90 Å². The number of H-pyrrole nitrogens is 1. The van der Waals surface area contributed by atoms with E-state index in [1.54, 1.807) is 6.07 Å². The molecule has 186 valence electrons. The van der Waals surface area contributed by atoms with Crippen LogP contribution in [0.15, 0.2) is 66.2 Å². The molecule has 1 aliphatic heterocycles. The Morgan fingerprint density at radius 1 is 1.05 bits per heavy atom. The maximum Gasteiger partial charge on any atom is 0.335 e. The standard InChI is InChI=1S/C26H18ClN3O7/c1-37-19-9-5-14(27)11-16(19)22(32)20-21(12-2-6-15(31)7-3-12)30(24(34)23(20)33)26-28-17-8-4-13(25(35)36)10-18(17)29-26/h2-11,21,31-32H,1H3,(H,28,29)(H,35,36)/b22-20+. The van der Waals surface area contributed by atoms with Gasteiger partial charge in [-0.3, -0.25) is 14.5 Å². The van der Waals surface area contributed by atoms with Crippen molar-refractivity contribution >= 4 is 52.0 Å². The molecular formula is C26H18ClN3O7. The maximum absolute atomic E-state index is 13.3. The molecule has 1 amide bonds. The van der Waals surface area contributed by atoms with Gasteiger partial charge >= 0.3 is 11.9 Å². The Kier molecular flexibility index (Phi) is 5.81. The second-order valence-electron chi connectivity index (χ2n) is 8.20. The summed E-state index contributed by atoms with van der Waals surface area (Å²) in [6.07, 6.45) is 0. The zero-order chi connectivity index (χ0) is 26.4. The molecule has 2 heterocycles. The minimum Gasteiger partial charge on any atom is -0.508 e. The van der Waals surface area contributed by atoms with Crippen LogP contribution in [0.4, 0.5) is 5.95 Å². The van der Waals surface area contributed by atoms with Crippen LogP contribution in [0.3, 0.4) is 0 Å². The van der Waals surface area contributed by atoms with E-state index in [-0.39, 0.29) is 39.2 Å². The Labute approximate surface area is 214 Å². The highest BCUT2D eigenvalue weighted by molar-refractivity contribution is 6.51. The van der Waals surface area contributed by atoms with Crippen molar-refractivity contribution < 1.29 is 34.4 Å². The first-order valence-corrected chi connectivity index (χ1v) is 11.2. The van der Waals surface area contributed by atoms with E-state index in [1.165, 1.54) is 61.7 Å². The number of methoxy groups -OCH3 is 1. The molecule has 1 unspecified atom stereocenters. The number of carboxylic acids is 1. The van der Waals surface area contributed by atoms with Crippen molar-refractivity contribution in [2.75, 3.05) is 12.0 Å². The molecule has 1 aliphatic rings. The van der Waals surface area contributed by atoms with Gasteiger partial charge in [0.1, 0.15) is 17.3 Å². The maximum atomic E-state index is 13.3. The lowest BCUT2D eigenvalue weighted by atomic mass is 9.95. The van der Waals surface area contributed by atoms with Gasteiger partial charge in [-0.1, -0.05) is 23.7 Å². The van der Waals surface area contributed by atoms with Gasteiger partial charge in [-0.05, 0) is 54.1 Å². The molecule has 4 aromatic rings. The van der Waals surface area contributed by atoms with E-state index in [4.69, 9.17) is 16.3 Å². The Hall–Kier alpha value is -4.83. The summed E-state index contributed by atoms with van der Waals surface area (Å²) in [5.74, 6) is -3.46. The van der Waals surface area contributed by atoms with Crippen molar-refractivity contribution in [3.05, 3.63) is 87.9 Å². The fraction of sp³-hybridized carbons (Fsp3) is 0.0769. The Bertz CT molecular complexity index is 1630. The van der Waals surface area contributed by atoms with Gasteiger partial charge in [-0.2, -0.15) is 0 Å². The van der Waals surface area contributed by atoms with Crippen molar-refractivity contribution in [2.24, 2.45) is 0 Å². The van der Waals surface area contributed by atoms with Crippen LogP contribution < -0.4 is 9.64 Å². The van der Waals surface area contributed by atoms with E-state index in [9.17, 15) is 29.7 Å². The van der Waals surface area contributed by atoms with E-state index in [1.807, 2.05) is 0 Å². The number of phenolic OH excluding ortho intramolecular Hbond substituents is 1. The number of anilines is 1. The number of ether oxygens (including phenoxy) is 1. The average Bonchev–Trinajstić information content (AvgIpc) is 3.41. The minimum atomic E-state index is -1.15. The monoisotopic (exact) mass is 519 g/mol. The van der Waals surface area contributed by atoms with Crippen LogP contribution in [0.5, 0.6) is 11.5 Å². The molecule has 5 rings (SSSR count). The predicted molar refractivity (Wildman–Crippen MR) is 134 cm³/mol. The number of amides is 1. The molecule has 1 atom stereocenters. The first kappa shape index (κ1) is 23.9. The van der Waals surface area contributed by atoms with E-state index in [2.05, 4.69) is 9.97 Å². The van der Waals surface area contributed by atoms with Crippen molar-refractivity contribution in [3.63, 3.8) is 0 Å². The van der Waals surface area contributed by atoms with Gasteiger partial charge in [0.2, 0.25) is 5.95 Å². The molecule has 0 aliphatic carbocycles. The zero-order valence-corrected chi connectivity index (χ0v) is 19.9. The molecule has 3 aromatic carbocycles. The fourth-order valence-corrected chi connectivity index (χ4v) is 4.45. The Morgan fingerprint density at radius 3 is 2.46 bits per heavy atom. The van der Waals surface area contributed by atoms with Crippen LogP contribution in [0.25, 0.3) is 16.8 Å². The lowest BCUT2D eigenvalue weighted by Gasteiger charge is -2.23. The Morgan fingerprint density at radius 2 is 1.78 bits per heavy atom. The largest absolute Gasteiger partial charge is 0.508 e. The predicted octanol–water partition coefficient (Wildman–Crippen LogP) is 4.26. The summed E-state index contributed by atoms with van der Waals surface area (Å²) in [6, 6.07) is 13.3. The van der Waals surface area contributed by atoms with Crippen LogP contribution in [0, 0.1) is 0 Å². The number of aromatic carboxylic acids is 1. The summed E-state index contributed by atoms with van der Waals surface area (Å²) in [5.41, 5.74) is 0.954. The second kappa shape index (κ2) is 8.99. The topological polar surface area (TPSA) is 153 Å². The molecular weight excluding hydrogens is 502 g/mol. The molecule has 11 heteroatoms. The zero-order valence-electron chi connectivity index (χ0n) is 19.1. The molecule has 0 saturated carbocycles. The Balaban J connectivity index is 1.74. The quantitative estimate of drug-likeness (QED) is 0.173. The number of hydrogen-bond acceptors (Lipinski definition) is 7. The molecule has 1 saturated heterocycles. The molecule has 4 N–H and O–H groups in total. The number of nitrogens with zero attached hydrogens (tertiary/aromatic N) is 2. The number of aromatic hydroxyl groups is 1. The van der Waals surface area contributed by atoms with Gasteiger partial charge in [0, 0.05) is 5.02 Å². The highest BCUT2D eigenvalue weighted by Crippen LogP contribution is 2.43. The number of Topliss-reactive ketones (excluding diaryl/α,β-unsaturated/α-hetero) is 1. The molecule has 1 aromatic heterocycles. The van der Waals surface area contributed by atoms with Gasteiger partial charge in [0.05, 0.1) is 40.9 Å². The van der Waals surface area contributed by atoms with E-state index >= 15 is 0 Å².